The van der Waals surface area contributed by atoms with Gasteiger partial charge in [0.15, 0.2) is 6.10 Å². The highest BCUT2D eigenvalue weighted by Gasteiger charge is 2.25. The largest absolute Gasteiger partial charge is 0.476 e. The van der Waals surface area contributed by atoms with E-state index in [-0.39, 0.29) is 5.91 Å². The van der Waals surface area contributed by atoms with Crippen LogP contribution in [0.2, 0.25) is 5.02 Å². The topological polar surface area (TPSA) is 76.4 Å². The van der Waals surface area contributed by atoms with Crippen molar-refractivity contribution < 1.29 is 9.53 Å². The van der Waals surface area contributed by atoms with Crippen LogP contribution in [-0.2, 0) is 4.79 Å². The van der Waals surface area contributed by atoms with Crippen molar-refractivity contribution in [3.8, 4) is 5.75 Å². The molecule has 2 rings (SSSR count). The Hall–Kier alpha value is -1.46. The van der Waals surface area contributed by atoms with Crippen LogP contribution in [0, 0.1) is 0 Å². The third-order valence-corrected chi connectivity index (χ3v) is 2.36. The molecule has 6 heteroatoms. The summed E-state index contributed by atoms with van der Waals surface area (Å²) in [5.74, 6) is 5.26. The van der Waals surface area contributed by atoms with Crippen LogP contribution in [-0.4, -0.2) is 18.6 Å². The Balaban J connectivity index is 2.20. The molecule has 0 saturated heterocycles. The van der Waals surface area contributed by atoms with Gasteiger partial charge in [-0.1, -0.05) is 11.6 Å². The summed E-state index contributed by atoms with van der Waals surface area (Å²) in [6.45, 7) is 0.371. The summed E-state index contributed by atoms with van der Waals surface area (Å²) >= 11 is 5.81. The zero-order valence-electron chi connectivity index (χ0n) is 7.79. The van der Waals surface area contributed by atoms with Crippen LogP contribution in [0.3, 0.4) is 0 Å². The lowest BCUT2D eigenvalue weighted by atomic mass is 10.2. The van der Waals surface area contributed by atoms with Gasteiger partial charge in [0.05, 0.1) is 12.2 Å². The van der Waals surface area contributed by atoms with Crippen molar-refractivity contribution in [2.75, 3.05) is 11.9 Å². The van der Waals surface area contributed by atoms with Crippen molar-refractivity contribution in [1.29, 1.82) is 0 Å². The second kappa shape index (κ2) is 3.96. The predicted octanol–water partition coefficient (Wildman–Crippen LogP) is 0.503. The highest BCUT2D eigenvalue weighted by atomic mass is 35.5. The van der Waals surface area contributed by atoms with Crippen LogP contribution in [0.15, 0.2) is 18.2 Å². The number of hydrazine groups is 1. The number of amides is 1. The highest BCUT2D eigenvalue weighted by molar-refractivity contribution is 6.30. The van der Waals surface area contributed by atoms with Crippen LogP contribution < -0.4 is 21.3 Å². The number of hydrogen-bond donors (Lipinski definition) is 3. The van der Waals surface area contributed by atoms with E-state index in [0.29, 0.717) is 17.3 Å². The van der Waals surface area contributed by atoms with Crippen molar-refractivity contribution in [3.05, 3.63) is 23.2 Å². The second-order valence-corrected chi connectivity index (χ2v) is 3.57. The molecule has 1 amide bonds. The first-order valence-electron chi connectivity index (χ1n) is 4.41. The molecule has 0 radical (unpaired) electrons. The van der Waals surface area contributed by atoms with E-state index < -0.39 is 6.10 Å². The minimum atomic E-state index is -0.608. The van der Waals surface area contributed by atoms with Crippen LogP contribution in [0.1, 0.15) is 0 Å². The van der Waals surface area contributed by atoms with Gasteiger partial charge in [0.1, 0.15) is 5.75 Å². The molecule has 1 atom stereocenters. The van der Waals surface area contributed by atoms with Gasteiger partial charge in [0.25, 0.3) is 5.91 Å². The Morgan fingerprint density at radius 3 is 3.20 bits per heavy atom. The molecular weight excluding hydrogens is 218 g/mol. The second-order valence-electron chi connectivity index (χ2n) is 3.14. The van der Waals surface area contributed by atoms with E-state index in [2.05, 4.69) is 5.32 Å². The molecule has 0 saturated carbocycles. The summed E-state index contributed by atoms with van der Waals surface area (Å²) in [6.07, 6.45) is -0.608. The maximum absolute atomic E-state index is 11.2. The van der Waals surface area contributed by atoms with E-state index in [1.165, 1.54) is 0 Å². The Labute approximate surface area is 91.5 Å². The van der Waals surface area contributed by atoms with Gasteiger partial charge in [-0.25, -0.2) is 5.84 Å². The Morgan fingerprint density at radius 2 is 2.47 bits per heavy atom. The van der Waals surface area contributed by atoms with Crippen molar-refractivity contribution in [2.45, 2.75) is 6.10 Å². The minimum Gasteiger partial charge on any atom is -0.476 e. The van der Waals surface area contributed by atoms with Crippen molar-refractivity contribution in [2.24, 2.45) is 5.84 Å². The number of carbonyl (C=O) groups excluding carboxylic acids is 1. The zero-order valence-corrected chi connectivity index (χ0v) is 8.54. The first kappa shape index (κ1) is 10.1. The van der Waals surface area contributed by atoms with Gasteiger partial charge in [-0.15, -0.1) is 0 Å². The molecule has 5 nitrogen and oxygen atoms in total. The third-order valence-electron chi connectivity index (χ3n) is 2.12. The molecule has 1 unspecified atom stereocenters. The van der Waals surface area contributed by atoms with Crippen LogP contribution in [0.5, 0.6) is 5.75 Å². The molecule has 0 bridgehead atoms. The highest BCUT2D eigenvalue weighted by Crippen LogP contribution is 2.31. The fourth-order valence-corrected chi connectivity index (χ4v) is 1.55. The molecule has 1 aliphatic heterocycles. The average molecular weight is 228 g/mol. The Bertz CT molecular complexity index is 397. The van der Waals surface area contributed by atoms with Gasteiger partial charge in [0.2, 0.25) is 0 Å². The van der Waals surface area contributed by atoms with Gasteiger partial charge in [0, 0.05) is 5.02 Å². The maximum Gasteiger partial charge on any atom is 0.276 e. The number of anilines is 1. The number of nitrogens with two attached hydrogens (primary N) is 1. The summed E-state index contributed by atoms with van der Waals surface area (Å²) in [4.78, 5) is 11.2. The molecule has 0 aliphatic carbocycles. The van der Waals surface area contributed by atoms with E-state index in [1.54, 1.807) is 18.2 Å². The fourth-order valence-electron chi connectivity index (χ4n) is 1.38. The van der Waals surface area contributed by atoms with E-state index >= 15 is 0 Å². The van der Waals surface area contributed by atoms with Gasteiger partial charge in [-0.05, 0) is 18.2 Å². The van der Waals surface area contributed by atoms with Crippen molar-refractivity contribution in [1.82, 2.24) is 5.43 Å². The fraction of sp³-hybridized carbons (Fsp3) is 0.222. The predicted molar refractivity (Wildman–Crippen MR) is 56.7 cm³/mol. The summed E-state index contributed by atoms with van der Waals surface area (Å²) in [5.41, 5.74) is 2.83. The molecule has 1 aromatic carbocycles. The lowest BCUT2D eigenvalue weighted by molar-refractivity contribution is -0.127. The Morgan fingerprint density at radius 1 is 1.67 bits per heavy atom. The minimum absolute atomic E-state index is 0.358. The normalized spacial score (nSPS) is 18.4. The maximum atomic E-state index is 11.2. The van der Waals surface area contributed by atoms with Crippen LogP contribution in [0.4, 0.5) is 5.69 Å². The van der Waals surface area contributed by atoms with Crippen molar-refractivity contribution >= 4 is 23.2 Å². The molecule has 0 fully saturated rings. The molecule has 4 N–H and O–H groups in total. The molecule has 1 heterocycles. The number of nitrogens with one attached hydrogen (secondary N) is 2. The smallest absolute Gasteiger partial charge is 0.276 e. The number of benzene rings is 1. The number of carbonyl (C=O) groups is 1. The van der Waals surface area contributed by atoms with E-state index in [1.807, 2.05) is 5.43 Å². The lowest BCUT2D eigenvalue weighted by Crippen LogP contribution is -2.47. The number of hydrogen-bond acceptors (Lipinski definition) is 4. The summed E-state index contributed by atoms with van der Waals surface area (Å²) in [7, 11) is 0. The van der Waals surface area contributed by atoms with E-state index in [0.717, 1.165) is 5.69 Å². The molecule has 1 aromatic rings. The van der Waals surface area contributed by atoms with E-state index in [4.69, 9.17) is 22.2 Å². The first-order chi connectivity index (χ1) is 7.20. The molecular formula is C9H10ClN3O2. The first-order valence-corrected chi connectivity index (χ1v) is 4.79. The SMILES string of the molecule is NNC(=O)C1CNc2cc(Cl)ccc2O1. The summed E-state index contributed by atoms with van der Waals surface area (Å²) in [5, 5.41) is 3.66. The molecule has 80 valence electrons. The number of ether oxygens (including phenoxy) is 1. The number of rotatable bonds is 1. The molecule has 0 spiro atoms. The average Bonchev–Trinajstić information content (AvgIpc) is 2.27. The quantitative estimate of drug-likeness (QED) is 0.371. The van der Waals surface area contributed by atoms with Gasteiger partial charge in [-0.3, -0.25) is 10.2 Å². The molecule has 15 heavy (non-hydrogen) atoms. The van der Waals surface area contributed by atoms with Crippen molar-refractivity contribution in [3.63, 3.8) is 0 Å². The van der Waals surface area contributed by atoms with Crippen LogP contribution in [0.25, 0.3) is 0 Å². The van der Waals surface area contributed by atoms with Crippen LogP contribution >= 0.6 is 11.6 Å². The van der Waals surface area contributed by atoms with Gasteiger partial charge >= 0.3 is 0 Å². The third kappa shape index (κ3) is 1.98. The monoisotopic (exact) mass is 227 g/mol. The molecule has 1 aliphatic rings. The standard InChI is InChI=1S/C9H10ClN3O2/c10-5-1-2-7-6(3-5)12-4-8(15-7)9(14)13-11/h1-3,8,12H,4,11H2,(H,13,14). The van der Waals surface area contributed by atoms with Gasteiger partial charge in [-0.2, -0.15) is 0 Å². The summed E-state index contributed by atoms with van der Waals surface area (Å²) < 4.78 is 5.43. The Kier molecular flexibility index (Phi) is 2.66. The molecule has 0 aromatic heterocycles. The van der Waals surface area contributed by atoms with Gasteiger partial charge < -0.3 is 10.1 Å². The summed E-state index contributed by atoms with van der Waals surface area (Å²) in [6, 6.07) is 5.15. The number of fused-ring (bicyclic) bond motifs is 1. The number of halogens is 1. The zero-order chi connectivity index (χ0) is 10.8. The lowest BCUT2D eigenvalue weighted by Gasteiger charge is -2.25. The van der Waals surface area contributed by atoms with E-state index in [9.17, 15) is 4.79 Å².